The number of nitrogens with zero attached hydrogens (tertiary/aromatic N) is 3. The van der Waals surface area contributed by atoms with E-state index in [1.807, 2.05) is 36.4 Å². The SMILES string of the molecule is Oc1ccc(-c2ccc(Cc3nn[nH]n3)cc2)cc1. The summed E-state index contributed by atoms with van der Waals surface area (Å²) in [5.74, 6) is 0.954. The summed E-state index contributed by atoms with van der Waals surface area (Å²) in [5, 5.41) is 23.1. The van der Waals surface area contributed by atoms with Crippen LogP contribution in [0.3, 0.4) is 0 Å². The van der Waals surface area contributed by atoms with Crippen molar-refractivity contribution in [1.29, 1.82) is 0 Å². The number of nitrogens with one attached hydrogen (secondary N) is 1. The van der Waals surface area contributed by atoms with Crippen LogP contribution in [0, 0.1) is 0 Å². The van der Waals surface area contributed by atoms with E-state index in [0.717, 1.165) is 16.7 Å². The summed E-state index contributed by atoms with van der Waals surface area (Å²) in [4.78, 5) is 0. The minimum Gasteiger partial charge on any atom is -0.508 e. The van der Waals surface area contributed by atoms with Gasteiger partial charge in [0.05, 0.1) is 0 Å². The lowest BCUT2D eigenvalue weighted by Crippen LogP contribution is -1.91. The van der Waals surface area contributed by atoms with Crippen molar-refractivity contribution in [3.63, 3.8) is 0 Å². The zero-order valence-corrected chi connectivity index (χ0v) is 10.1. The maximum absolute atomic E-state index is 9.27. The lowest BCUT2D eigenvalue weighted by molar-refractivity contribution is 0.475. The first-order chi connectivity index (χ1) is 9.31. The van der Waals surface area contributed by atoms with Crippen LogP contribution >= 0.6 is 0 Å². The number of phenols is 1. The van der Waals surface area contributed by atoms with E-state index in [-0.39, 0.29) is 5.75 Å². The third kappa shape index (κ3) is 2.60. The molecule has 3 rings (SSSR count). The average Bonchev–Trinajstić information content (AvgIpc) is 2.94. The largest absolute Gasteiger partial charge is 0.508 e. The molecule has 1 heterocycles. The van der Waals surface area contributed by atoms with Gasteiger partial charge >= 0.3 is 0 Å². The topological polar surface area (TPSA) is 74.7 Å². The number of hydrogen-bond donors (Lipinski definition) is 2. The fourth-order valence-corrected chi connectivity index (χ4v) is 1.91. The first kappa shape index (κ1) is 11.4. The van der Waals surface area contributed by atoms with Crippen molar-refractivity contribution in [3.05, 3.63) is 59.9 Å². The highest BCUT2D eigenvalue weighted by atomic mass is 16.3. The number of hydrogen-bond acceptors (Lipinski definition) is 4. The Hall–Kier alpha value is -2.69. The van der Waals surface area contributed by atoms with Crippen LogP contribution in [0.5, 0.6) is 5.75 Å². The van der Waals surface area contributed by atoms with E-state index in [0.29, 0.717) is 12.2 Å². The Labute approximate surface area is 109 Å². The molecule has 2 N–H and O–H groups in total. The highest BCUT2D eigenvalue weighted by molar-refractivity contribution is 5.64. The molecule has 5 heteroatoms. The van der Waals surface area contributed by atoms with E-state index >= 15 is 0 Å². The molecule has 0 amide bonds. The molecule has 1 aromatic heterocycles. The van der Waals surface area contributed by atoms with E-state index < -0.39 is 0 Å². The monoisotopic (exact) mass is 252 g/mol. The smallest absolute Gasteiger partial charge is 0.178 e. The predicted octanol–water partition coefficient (Wildman–Crippen LogP) is 2.16. The Kier molecular flexibility index (Phi) is 2.94. The quantitative estimate of drug-likeness (QED) is 0.749. The summed E-state index contributed by atoms with van der Waals surface area (Å²) in [6.07, 6.45) is 0.659. The van der Waals surface area contributed by atoms with Gasteiger partial charge in [-0.2, -0.15) is 5.21 Å². The number of aromatic nitrogens is 4. The maximum atomic E-state index is 9.27. The molecule has 5 nitrogen and oxygen atoms in total. The van der Waals surface area contributed by atoms with Gasteiger partial charge in [-0.1, -0.05) is 41.6 Å². The zero-order valence-electron chi connectivity index (χ0n) is 10.1. The van der Waals surface area contributed by atoms with Gasteiger partial charge in [0, 0.05) is 6.42 Å². The van der Waals surface area contributed by atoms with Gasteiger partial charge in [-0.25, -0.2) is 0 Å². The van der Waals surface area contributed by atoms with E-state index in [9.17, 15) is 5.11 Å². The van der Waals surface area contributed by atoms with Crippen LogP contribution in [0.25, 0.3) is 11.1 Å². The van der Waals surface area contributed by atoms with Crippen LogP contribution in [0.4, 0.5) is 0 Å². The van der Waals surface area contributed by atoms with Gasteiger partial charge in [-0.3, -0.25) is 0 Å². The molecule has 0 unspecified atom stereocenters. The van der Waals surface area contributed by atoms with E-state index in [2.05, 4.69) is 20.6 Å². The van der Waals surface area contributed by atoms with Crippen molar-refractivity contribution in [2.45, 2.75) is 6.42 Å². The molecule has 0 spiro atoms. The van der Waals surface area contributed by atoms with Crippen molar-refractivity contribution in [2.75, 3.05) is 0 Å². The van der Waals surface area contributed by atoms with Gasteiger partial charge in [0.25, 0.3) is 0 Å². The fourth-order valence-electron chi connectivity index (χ4n) is 1.91. The van der Waals surface area contributed by atoms with E-state index in [1.54, 1.807) is 12.1 Å². The molecule has 3 aromatic rings. The van der Waals surface area contributed by atoms with Gasteiger partial charge in [0.2, 0.25) is 0 Å². The Morgan fingerprint density at radius 1 is 0.895 bits per heavy atom. The van der Waals surface area contributed by atoms with Gasteiger partial charge in [0.15, 0.2) is 5.82 Å². The van der Waals surface area contributed by atoms with Crippen LogP contribution in [0.2, 0.25) is 0 Å². The molecule has 2 aromatic carbocycles. The van der Waals surface area contributed by atoms with Crippen LogP contribution < -0.4 is 0 Å². The molecule has 0 atom stereocenters. The fraction of sp³-hybridized carbons (Fsp3) is 0.0714. The van der Waals surface area contributed by atoms with Crippen LogP contribution in [0.1, 0.15) is 11.4 Å². The second kappa shape index (κ2) is 4.89. The molecule has 0 saturated heterocycles. The van der Waals surface area contributed by atoms with Crippen LogP contribution in [0.15, 0.2) is 48.5 Å². The number of aromatic amines is 1. The van der Waals surface area contributed by atoms with E-state index in [1.165, 1.54) is 0 Å². The molecule has 94 valence electrons. The first-order valence-electron chi connectivity index (χ1n) is 5.92. The summed E-state index contributed by atoms with van der Waals surface area (Å²) in [7, 11) is 0. The standard InChI is InChI=1S/C14H12N4O/c19-13-7-5-12(6-8-13)11-3-1-10(2-4-11)9-14-15-17-18-16-14/h1-8,19H,9H2,(H,15,16,17,18). The molecule has 0 saturated carbocycles. The number of phenolic OH excluding ortho intramolecular Hbond substituents is 1. The summed E-state index contributed by atoms with van der Waals surface area (Å²) in [6, 6.07) is 15.3. The summed E-state index contributed by atoms with van der Waals surface area (Å²) < 4.78 is 0. The zero-order chi connectivity index (χ0) is 13.1. The Morgan fingerprint density at radius 2 is 1.53 bits per heavy atom. The van der Waals surface area contributed by atoms with Crippen molar-refractivity contribution in [2.24, 2.45) is 0 Å². The summed E-state index contributed by atoms with van der Waals surface area (Å²) >= 11 is 0. The third-order valence-corrected chi connectivity index (χ3v) is 2.91. The second-order valence-corrected chi connectivity index (χ2v) is 4.25. The maximum Gasteiger partial charge on any atom is 0.178 e. The van der Waals surface area contributed by atoms with Crippen LogP contribution in [-0.4, -0.2) is 25.7 Å². The van der Waals surface area contributed by atoms with Crippen molar-refractivity contribution in [1.82, 2.24) is 20.6 Å². The number of rotatable bonds is 3. The van der Waals surface area contributed by atoms with Gasteiger partial charge in [0.1, 0.15) is 5.75 Å². The van der Waals surface area contributed by atoms with Crippen molar-refractivity contribution < 1.29 is 5.11 Å². The summed E-state index contributed by atoms with van der Waals surface area (Å²) in [6.45, 7) is 0. The Balaban J connectivity index is 1.80. The Morgan fingerprint density at radius 3 is 2.11 bits per heavy atom. The second-order valence-electron chi connectivity index (χ2n) is 4.25. The minimum absolute atomic E-state index is 0.275. The molecular formula is C14H12N4O. The molecule has 0 fully saturated rings. The first-order valence-corrected chi connectivity index (χ1v) is 5.92. The highest BCUT2D eigenvalue weighted by Crippen LogP contribution is 2.22. The molecule has 0 aliphatic rings. The molecule has 0 bridgehead atoms. The summed E-state index contributed by atoms with van der Waals surface area (Å²) in [5.41, 5.74) is 3.31. The van der Waals surface area contributed by atoms with E-state index in [4.69, 9.17) is 0 Å². The number of benzene rings is 2. The molecule has 0 aliphatic heterocycles. The van der Waals surface area contributed by atoms with Gasteiger partial charge in [-0.05, 0) is 28.8 Å². The number of aromatic hydroxyl groups is 1. The van der Waals surface area contributed by atoms with Gasteiger partial charge < -0.3 is 5.11 Å². The number of tetrazole rings is 1. The molecule has 0 aliphatic carbocycles. The van der Waals surface area contributed by atoms with Crippen LogP contribution in [-0.2, 0) is 6.42 Å². The number of H-pyrrole nitrogens is 1. The predicted molar refractivity (Wildman–Crippen MR) is 70.5 cm³/mol. The minimum atomic E-state index is 0.275. The molecule has 19 heavy (non-hydrogen) atoms. The molecule has 0 radical (unpaired) electrons. The van der Waals surface area contributed by atoms with Crippen molar-refractivity contribution in [3.8, 4) is 16.9 Å². The lowest BCUT2D eigenvalue weighted by atomic mass is 10.0. The molecular weight excluding hydrogens is 240 g/mol. The average molecular weight is 252 g/mol. The lowest BCUT2D eigenvalue weighted by Gasteiger charge is -2.03. The Bertz CT molecular complexity index is 645. The normalized spacial score (nSPS) is 10.5. The van der Waals surface area contributed by atoms with Gasteiger partial charge in [-0.15, -0.1) is 10.2 Å². The highest BCUT2D eigenvalue weighted by Gasteiger charge is 2.02. The van der Waals surface area contributed by atoms with Crippen molar-refractivity contribution >= 4 is 0 Å². The third-order valence-electron chi connectivity index (χ3n) is 2.91.